The Kier molecular flexibility index (Phi) is 3.84. The van der Waals surface area contributed by atoms with E-state index in [1.165, 1.54) is 23.9 Å². The van der Waals surface area contributed by atoms with Gasteiger partial charge >= 0.3 is 0 Å². The van der Waals surface area contributed by atoms with E-state index in [2.05, 4.69) is 10.0 Å². The molecule has 0 aliphatic rings. The summed E-state index contributed by atoms with van der Waals surface area (Å²) in [7, 11) is 1.24. The van der Waals surface area contributed by atoms with E-state index in [1.54, 1.807) is 19.2 Å². The topological polar surface area (TPSA) is 85.1 Å². The normalized spacial score (nSPS) is 11.6. The molecule has 0 radical (unpaired) electrons. The van der Waals surface area contributed by atoms with Crippen LogP contribution in [0.1, 0.15) is 10.5 Å². The van der Waals surface area contributed by atoms with Gasteiger partial charge in [0.2, 0.25) is 0 Å². The highest BCUT2D eigenvalue weighted by Gasteiger charge is 2.20. The van der Waals surface area contributed by atoms with Gasteiger partial charge in [-0.15, -0.1) is 0 Å². The number of aromatic nitrogens is 2. The third-order valence-corrected chi connectivity index (χ3v) is 5.24. The first-order chi connectivity index (χ1) is 11.3. The molecule has 0 fully saturated rings. The minimum Gasteiger partial charge on any atom is -0.354 e. The largest absolute Gasteiger partial charge is 0.354 e. The Morgan fingerprint density at radius 1 is 1.08 bits per heavy atom. The fourth-order valence-corrected chi connectivity index (χ4v) is 3.69. The maximum absolute atomic E-state index is 12.6. The molecular formula is C16H18N4O3S. The summed E-state index contributed by atoms with van der Waals surface area (Å²) in [5.74, 6) is -0.343. The predicted octanol–water partition coefficient (Wildman–Crippen LogP) is 1.68. The van der Waals surface area contributed by atoms with Crippen LogP contribution in [0.3, 0.4) is 0 Å². The Hall–Kier alpha value is -2.74. The van der Waals surface area contributed by atoms with Gasteiger partial charge in [0.15, 0.2) is 0 Å². The molecule has 0 saturated carbocycles. The van der Waals surface area contributed by atoms with E-state index in [0.29, 0.717) is 5.69 Å². The third-order valence-electron chi connectivity index (χ3n) is 3.89. The smallest absolute Gasteiger partial charge is 0.267 e. The van der Waals surface area contributed by atoms with Crippen LogP contribution in [0.15, 0.2) is 47.6 Å². The van der Waals surface area contributed by atoms with Crippen LogP contribution in [-0.4, -0.2) is 30.5 Å². The van der Waals surface area contributed by atoms with Gasteiger partial charge in [0.1, 0.15) is 10.6 Å². The molecule has 1 amide bonds. The van der Waals surface area contributed by atoms with Crippen LogP contribution in [0.2, 0.25) is 0 Å². The molecule has 3 aromatic rings. The van der Waals surface area contributed by atoms with Gasteiger partial charge in [-0.1, -0.05) is 6.07 Å². The number of hydrogen-bond acceptors (Lipinski definition) is 3. The summed E-state index contributed by atoms with van der Waals surface area (Å²) >= 11 is 0. The van der Waals surface area contributed by atoms with Crippen molar-refractivity contribution in [1.29, 1.82) is 0 Å². The van der Waals surface area contributed by atoms with Crippen molar-refractivity contribution >= 4 is 32.5 Å². The van der Waals surface area contributed by atoms with Crippen molar-refractivity contribution in [3.05, 3.63) is 48.4 Å². The average Bonchev–Trinajstić information content (AvgIpc) is 3.10. The highest BCUT2D eigenvalue weighted by Crippen LogP contribution is 2.23. The van der Waals surface area contributed by atoms with Crippen molar-refractivity contribution in [3.63, 3.8) is 0 Å². The summed E-state index contributed by atoms with van der Waals surface area (Å²) in [6.07, 6.45) is 3.32. The second kappa shape index (κ2) is 5.72. The summed E-state index contributed by atoms with van der Waals surface area (Å²) < 4.78 is 31.1. The van der Waals surface area contributed by atoms with Crippen molar-refractivity contribution in [1.82, 2.24) is 14.5 Å². The lowest BCUT2D eigenvalue weighted by atomic mass is 10.2. The quantitative estimate of drug-likeness (QED) is 0.754. The van der Waals surface area contributed by atoms with E-state index in [4.69, 9.17) is 0 Å². The van der Waals surface area contributed by atoms with Crippen LogP contribution >= 0.6 is 0 Å². The molecule has 0 spiro atoms. The van der Waals surface area contributed by atoms with Crippen LogP contribution in [0.5, 0.6) is 0 Å². The lowest BCUT2D eigenvalue weighted by Gasteiger charge is -2.07. The Labute approximate surface area is 139 Å². The average molecular weight is 346 g/mol. The van der Waals surface area contributed by atoms with E-state index in [9.17, 15) is 13.2 Å². The number of nitrogens with one attached hydrogen (secondary N) is 2. The monoisotopic (exact) mass is 346 g/mol. The van der Waals surface area contributed by atoms with Gasteiger partial charge < -0.3 is 14.5 Å². The number of rotatable bonds is 4. The first-order valence-corrected chi connectivity index (χ1v) is 8.76. The minimum absolute atomic E-state index is 0.0376. The summed E-state index contributed by atoms with van der Waals surface area (Å²) in [5.41, 5.74) is 1.67. The fraction of sp³-hybridized carbons (Fsp3) is 0.188. The molecule has 0 aliphatic heterocycles. The van der Waals surface area contributed by atoms with Gasteiger partial charge in [0.05, 0.1) is 5.69 Å². The van der Waals surface area contributed by atoms with E-state index in [1.807, 2.05) is 29.9 Å². The molecule has 0 bridgehead atoms. The van der Waals surface area contributed by atoms with Gasteiger partial charge in [-0.3, -0.25) is 9.52 Å². The Bertz CT molecular complexity index is 1030. The van der Waals surface area contributed by atoms with Crippen molar-refractivity contribution in [2.45, 2.75) is 4.90 Å². The Morgan fingerprint density at radius 2 is 1.83 bits per heavy atom. The summed E-state index contributed by atoms with van der Waals surface area (Å²) in [4.78, 5) is 11.8. The molecule has 2 heterocycles. The summed E-state index contributed by atoms with van der Waals surface area (Å²) in [5, 5.41) is 3.51. The number of carbonyl (C=O) groups is 1. The lowest BCUT2D eigenvalue weighted by molar-refractivity contribution is 0.0955. The molecule has 0 atom stereocenters. The fourth-order valence-electron chi connectivity index (χ4n) is 2.58. The molecule has 8 heteroatoms. The molecule has 0 aliphatic carbocycles. The van der Waals surface area contributed by atoms with Crippen molar-refractivity contribution in [2.75, 3.05) is 11.8 Å². The number of anilines is 1. The highest BCUT2D eigenvalue weighted by atomic mass is 32.2. The molecule has 1 aromatic carbocycles. The van der Waals surface area contributed by atoms with E-state index in [-0.39, 0.29) is 16.5 Å². The van der Waals surface area contributed by atoms with E-state index < -0.39 is 10.0 Å². The zero-order valence-electron chi connectivity index (χ0n) is 13.6. The number of aryl methyl sites for hydroxylation is 2. The third kappa shape index (κ3) is 2.76. The van der Waals surface area contributed by atoms with Crippen molar-refractivity contribution in [3.8, 4) is 0 Å². The Balaban J connectivity index is 1.95. The van der Waals surface area contributed by atoms with Gasteiger partial charge in [-0.2, -0.15) is 0 Å². The van der Waals surface area contributed by atoms with Gasteiger partial charge in [-0.25, -0.2) is 8.42 Å². The molecule has 0 unspecified atom stereocenters. The minimum atomic E-state index is -3.78. The predicted molar refractivity (Wildman–Crippen MR) is 92.5 cm³/mol. The van der Waals surface area contributed by atoms with E-state index in [0.717, 1.165) is 10.9 Å². The first kappa shape index (κ1) is 16.1. The molecule has 2 aromatic heterocycles. The van der Waals surface area contributed by atoms with E-state index >= 15 is 0 Å². The van der Waals surface area contributed by atoms with Crippen LogP contribution in [-0.2, 0) is 24.1 Å². The Morgan fingerprint density at radius 3 is 2.54 bits per heavy atom. The second-order valence-corrected chi connectivity index (χ2v) is 7.24. The number of nitrogens with zero attached hydrogens (tertiary/aromatic N) is 2. The van der Waals surface area contributed by atoms with Gasteiger partial charge in [0, 0.05) is 39.1 Å². The lowest BCUT2D eigenvalue weighted by Crippen LogP contribution is -2.20. The maximum atomic E-state index is 12.6. The molecule has 3 rings (SSSR count). The molecular weight excluding hydrogens is 328 g/mol. The first-order valence-electron chi connectivity index (χ1n) is 7.28. The highest BCUT2D eigenvalue weighted by molar-refractivity contribution is 7.92. The molecule has 2 N–H and O–H groups in total. The molecule has 126 valence electrons. The van der Waals surface area contributed by atoms with Crippen molar-refractivity contribution < 1.29 is 13.2 Å². The molecule has 0 saturated heterocycles. The summed E-state index contributed by atoms with van der Waals surface area (Å²) in [6, 6.07) is 8.65. The zero-order valence-corrected chi connectivity index (χ0v) is 14.4. The number of carbonyl (C=O) groups excluding carboxylic acids is 1. The van der Waals surface area contributed by atoms with Gasteiger partial charge in [0.25, 0.3) is 15.9 Å². The zero-order chi connectivity index (χ0) is 17.5. The molecule has 7 nitrogen and oxygen atoms in total. The number of hydrogen-bond donors (Lipinski definition) is 2. The van der Waals surface area contributed by atoms with Crippen LogP contribution in [0, 0.1) is 0 Å². The van der Waals surface area contributed by atoms with Gasteiger partial charge in [-0.05, 0) is 29.7 Å². The maximum Gasteiger partial charge on any atom is 0.267 e. The number of fused-ring (bicyclic) bond motifs is 1. The van der Waals surface area contributed by atoms with Crippen LogP contribution in [0.4, 0.5) is 5.69 Å². The van der Waals surface area contributed by atoms with Crippen LogP contribution in [0.25, 0.3) is 10.9 Å². The molecule has 24 heavy (non-hydrogen) atoms. The van der Waals surface area contributed by atoms with Crippen molar-refractivity contribution in [2.24, 2.45) is 14.1 Å². The summed E-state index contributed by atoms with van der Waals surface area (Å²) in [6.45, 7) is 0. The number of sulfonamides is 1. The number of amides is 1. The standard InChI is InChI=1S/C16H18N4O3S/c1-17-16(21)15-9-13(10-20(15)3)24(22,23)18-12-5-4-11-6-7-19(2)14(11)8-12/h4-10,18H,1-3H3,(H,17,21). The second-order valence-electron chi connectivity index (χ2n) is 5.56. The SMILES string of the molecule is CNC(=O)c1cc(S(=O)(=O)Nc2ccc3ccn(C)c3c2)cn1C. The van der Waals surface area contributed by atoms with Crippen LogP contribution < -0.4 is 10.0 Å². The number of benzene rings is 1.